The van der Waals surface area contributed by atoms with Crippen LogP contribution in [0.5, 0.6) is 5.75 Å². The van der Waals surface area contributed by atoms with E-state index in [-0.39, 0.29) is 65.8 Å². The molecule has 10 atom stereocenters. The van der Waals surface area contributed by atoms with E-state index in [4.69, 9.17) is 46.6 Å². The van der Waals surface area contributed by atoms with Gasteiger partial charge < -0.3 is 46.6 Å². The molecule has 1 spiro atoms. The Morgan fingerprint density at radius 2 is 1.40 bits per heavy atom. The molecule has 14 heteroatoms. The van der Waals surface area contributed by atoms with E-state index >= 15 is 0 Å². The molecular formula is C49H69O12PSi. The van der Waals surface area contributed by atoms with Crippen molar-refractivity contribution in [2.75, 3.05) is 34.1 Å². The van der Waals surface area contributed by atoms with Crippen molar-refractivity contribution in [3.05, 3.63) is 90.5 Å². The van der Waals surface area contributed by atoms with Gasteiger partial charge in [-0.3, -0.25) is 9.36 Å². The maximum Gasteiger partial charge on any atom is 0.337 e. The van der Waals surface area contributed by atoms with Crippen LogP contribution in [-0.2, 0) is 57.9 Å². The minimum absolute atomic E-state index is 0.0377. The Kier molecular flexibility index (Phi) is 15.0. The van der Waals surface area contributed by atoms with Gasteiger partial charge in [-0.2, -0.15) is 0 Å². The minimum Gasteiger partial charge on any atom is -0.497 e. The molecule has 4 aliphatic rings. The summed E-state index contributed by atoms with van der Waals surface area (Å²) in [5, 5.41) is 2.27. The Labute approximate surface area is 375 Å². The van der Waals surface area contributed by atoms with Crippen LogP contribution in [0.4, 0.5) is 0 Å². The Bertz CT molecular complexity index is 1960. The van der Waals surface area contributed by atoms with Gasteiger partial charge in [-0.25, -0.2) is 0 Å². The topological polar surface area (TPSA) is 126 Å². The minimum atomic E-state index is -3.59. The van der Waals surface area contributed by atoms with E-state index in [0.717, 1.165) is 11.3 Å². The number of hydrogen-bond acceptors (Lipinski definition) is 12. The van der Waals surface area contributed by atoms with Gasteiger partial charge in [-0.1, -0.05) is 107 Å². The molecule has 0 amide bonds. The molecule has 0 unspecified atom stereocenters. The van der Waals surface area contributed by atoms with Crippen LogP contribution in [0.25, 0.3) is 0 Å². The number of carbonyl (C=O) groups excluding carboxylic acids is 1. The van der Waals surface area contributed by atoms with E-state index in [1.54, 1.807) is 7.11 Å². The molecule has 0 aromatic heterocycles. The van der Waals surface area contributed by atoms with Crippen LogP contribution < -0.4 is 15.1 Å². The normalized spacial score (nSPS) is 31.1. The highest BCUT2D eigenvalue weighted by Gasteiger charge is 2.58. The molecule has 4 aliphatic heterocycles. The SMILES string of the molecule is COc1ccc(CO[C@@H]2[C@H](CC(=O)CP(=O)(OC)OC)O[C@]3(C[C@@H]2C)C[C@H](C)[C@@H]2O[C@H]([C@@H]4C[C@H](CO[Si](c5ccccc5)(c5ccccc5)C(C)(C)C)OC(C)(C)O4)C[C@@H]2O3)cc1. The number of Topliss-reactive ketones (excluding diaryl/α,β-unsaturated/α-hetero) is 1. The summed E-state index contributed by atoms with van der Waals surface area (Å²) in [6, 6.07) is 29.0. The van der Waals surface area contributed by atoms with Gasteiger partial charge in [0.25, 0.3) is 8.32 Å². The van der Waals surface area contributed by atoms with Gasteiger partial charge in [0.2, 0.25) is 0 Å². The molecule has 0 saturated carbocycles. The average molecular weight is 909 g/mol. The second kappa shape index (κ2) is 19.6. The number of rotatable bonds is 16. The largest absolute Gasteiger partial charge is 0.497 e. The summed E-state index contributed by atoms with van der Waals surface area (Å²) < 4.78 is 76.8. The quantitative estimate of drug-likeness (QED) is 0.102. The maximum absolute atomic E-state index is 13.6. The fraction of sp³-hybridized carbons (Fsp3) is 0.612. The van der Waals surface area contributed by atoms with Crippen molar-refractivity contribution < 1.29 is 56.0 Å². The number of ketones is 1. The van der Waals surface area contributed by atoms with Gasteiger partial charge in [0.1, 0.15) is 17.7 Å². The van der Waals surface area contributed by atoms with Crippen LogP contribution in [0, 0.1) is 11.8 Å². The molecular weight excluding hydrogens is 840 g/mol. The van der Waals surface area contributed by atoms with Crippen molar-refractivity contribution in [1.29, 1.82) is 0 Å². The Morgan fingerprint density at radius 1 is 0.778 bits per heavy atom. The lowest BCUT2D eigenvalue weighted by atomic mass is 9.79. The zero-order valence-corrected chi connectivity index (χ0v) is 40.7. The van der Waals surface area contributed by atoms with Crippen molar-refractivity contribution >= 4 is 32.1 Å². The molecule has 0 bridgehead atoms. The van der Waals surface area contributed by atoms with E-state index in [1.807, 2.05) is 38.1 Å². The third-order valence-corrected chi connectivity index (χ3v) is 20.2. The summed E-state index contributed by atoms with van der Waals surface area (Å²) in [7, 11) is -2.19. The van der Waals surface area contributed by atoms with Crippen molar-refractivity contribution in [3.8, 4) is 5.75 Å². The summed E-state index contributed by atoms with van der Waals surface area (Å²) in [4.78, 5) is 13.6. The number of ether oxygens (including phenoxy) is 7. The molecule has 3 aromatic rings. The van der Waals surface area contributed by atoms with Crippen molar-refractivity contribution in [1.82, 2.24) is 0 Å². The molecule has 0 radical (unpaired) electrons. The predicted molar refractivity (Wildman–Crippen MR) is 243 cm³/mol. The van der Waals surface area contributed by atoms with Crippen LogP contribution in [0.15, 0.2) is 84.9 Å². The molecule has 12 nitrogen and oxygen atoms in total. The zero-order chi connectivity index (χ0) is 45.2. The molecule has 63 heavy (non-hydrogen) atoms. The number of carbonyl (C=O) groups is 1. The standard InChI is InChI=1S/C49H69O12PSi/c1-33-28-49(60-43(25-36(50)32-62(51,53-9)54-10)45(33)55-30-35-21-23-37(52-8)24-22-35)29-34(2)46-44(61-49)27-41(57-46)42-26-38(58-48(6,7)59-42)31-56-63(47(3,4)5,39-17-13-11-14-18-39)40-19-15-12-16-20-40/h11-24,33-34,38,41-46H,25-32H2,1-10H3/t33-,34-,38+,41-,42-,43-,44-,45-,46-,49-/m0/s1. The van der Waals surface area contributed by atoms with Crippen LogP contribution in [-0.4, -0.2) is 103 Å². The lowest BCUT2D eigenvalue weighted by Gasteiger charge is -2.52. The maximum atomic E-state index is 13.6. The van der Waals surface area contributed by atoms with E-state index in [1.165, 1.54) is 24.6 Å². The van der Waals surface area contributed by atoms with E-state index in [9.17, 15) is 9.36 Å². The lowest BCUT2D eigenvalue weighted by molar-refractivity contribution is -0.356. The number of benzene rings is 3. The van der Waals surface area contributed by atoms with Gasteiger partial charge in [0.15, 0.2) is 11.6 Å². The van der Waals surface area contributed by atoms with E-state index < -0.39 is 39.7 Å². The lowest BCUT2D eigenvalue weighted by Crippen LogP contribution is -2.67. The summed E-state index contributed by atoms with van der Waals surface area (Å²) >= 11 is 0. The Morgan fingerprint density at radius 3 is 1.98 bits per heavy atom. The molecule has 346 valence electrons. The molecule has 3 aromatic carbocycles. The third-order valence-electron chi connectivity index (χ3n) is 13.3. The number of hydrogen-bond donors (Lipinski definition) is 0. The second-order valence-corrected chi connectivity index (χ2v) is 26.0. The van der Waals surface area contributed by atoms with Crippen LogP contribution >= 0.6 is 7.60 Å². The Balaban J connectivity index is 1.07. The highest BCUT2D eigenvalue weighted by molar-refractivity contribution is 7.54. The number of methoxy groups -OCH3 is 1. The number of fused-ring (bicyclic) bond motifs is 1. The monoisotopic (exact) mass is 908 g/mol. The van der Waals surface area contributed by atoms with Crippen molar-refractivity contribution in [2.45, 2.75) is 147 Å². The van der Waals surface area contributed by atoms with Crippen LogP contribution in [0.3, 0.4) is 0 Å². The first kappa shape index (κ1) is 48.2. The average Bonchev–Trinajstić information content (AvgIpc) is 3.68. The van der Waals surface area contributed by atoms with Gasteiger partial charge in [-0.15, -0.1) is 0 Å². The molecule has 4 heterocycles. The smallest absolute Gasteiger partial charge is 0.337 e. The van der Waals surface area contributed by atoms with Gasteiger partial charge in [-0.05, 0) is 58.8 Å². The van der Waals surface area contributed by atoms with Crippen LogP contribution in [0.2, 0.25) is 5.04 Å². The first-order valence-corrected chi connectivity index (χ1v) is 26.1. The summed E-state index contributed by atoms with van der Waals surface area (Å²) in [5.41, 5.74) is 0.964. The third kappa shape index (κ3) is 10.8. The first-order valence-electron chi connectivity index (χ1n) is 22.5. The van der Waals surface area contributed by atoms with E-state index in [0.29, 0.717) is 38.9 Å². The fourth-order valence-corrected chi connectivity index (χ4v) is 16.1. The fourth-order valence-electron chi connectivity index (χ4n) is 10.6. The molecule has 0 N–H and O–H groups in total. The first-order chi connectivity index (χ1) is 29.9. The molecule has 4 fully saturated rings. The Hall–Kier alpha value is -2.78. The molecule has 0 aliphatic carbocycles. The van der Waals surface area contributed by atoms with Crippen LogP contribution in [0.1, 0.15) is 86.1 Å². The summed E-state index contributed by atoms with van der Waals surface area (Å²) in [6.07, 6.45) is -0.317. The molecule has 4 saturated heterocycles. The highest BCUT2D eigenvalue weighted by Crippen LogP contribution is 2.51. The van der Waals surface area contributed by atoms with Gasteiger partial charge >= 0.3 is 7.60 Å². The summed E-state index contributed by atoms with van der Waals surface area (Å²) in [6.45, 7) is 15.8. The van der Waals surface area contributed by atoms with Gasteiger partial charge in [0.05, 0.1) is 63.1 Å². The second-order valence-electron chi connectivity index (χ2n) is 19.5. The van der Waals surface area contributed by atoms with Crippen molar-refractivity contribution in [2.24, 2.45) is 11.8 Å². The zero-order valence-electron chi connectivity index (χ0n) is 38.8. The predicted octanol–water partition coefficient (Wildman–Crippen LogP) is 8.22. The highest BCUT2D eigenvalue weighted by atomic mass is 31.2. The van der Waals surface area contributed by atoms with E-state index in [2.05, 4.69) is 95.3 Å². The van der Waals surface area contributed by atoms with Crippen molar-refractivity contribution in [3.63, 3.8) is 0 Å². The van der Waals surface area contributed by atoms with Gasteiger partial charge in [0, 0.05) is 46.3 Å². The summed E-state index contributed by atoms with van der Waals surface area (Å²) in [5.74, 6) is -1.34. The molecule has 7 rings (SSSR count).